The first-order valence-corrected chi connectivity index (χ1v) is 10.2. The minimum absolute atomic E-state index is 0.207. The third kappa shape index (κ3) is 4.12. The Morgan fingerprint density at radius 2 is 1.92 bits per heavy atom. The molecule has 0 spiro atoms. The Morgan fingerprint density at radius 1 is 1.04 bits per heavy atom. The molecule has 4 rings (SSSR count). The van der Waals surface area contributed by atoms with Crippen LogP contribution in [0.25, 0.3) is 10.9 Å². The van der Waals surface area contributed by atoms with E-state index in [4.69, 9.17) is 4.74 Å². The summed E-state index contributed by atoms with van der Waals surface area (Å²) in [5.41, 5.74) is 0.611. The van der Waals surface area contributed by atoms with Gasteiger partial charge in [-0.3, -0.25) is 0 Å². The summed E-state index contributed by atoms with van der Waals surface area (Å²) in [6.07, 6.45) is 9.45. The maximum atomic E-state index is 9.91. The fourth-order valence-electron chi connectivity index (χ4n) is 4.69. The van der Waals surface area contributed by atoms with Gasteiger partial charge in [-0.25, -0.2) is 4.98 Å². The highest BCUT2D eigenvalue weighted by molar-refractivity contribution is 5.84. The third-order valence-corrected chi connectivity index (χ3v) is 6.17. The van der Waals surface area contributed by atoms with E-state index in [2.05, 4.69) is 9.88 Å². The number of aromatic nitrogens is 1. The molecule has 2 atom stereocenters. The average Bonchev–Trinajstić information content (AvgIpc) is 2.68. The van der Waals surface area contributed by atoms with Crippen LogP contribution in [-0.2, 0) is 0 Å². The predicted molar refractivity (Wildman–Crippen MR) is 105 cm³/mol. The molecule has 2 fully saturated rings. The summed E-state index contributed by atoms with van der Waals surface area (Å²) in [6.45, 7) is 4.48. The van der Waals surface area contributed by atoms with Crippen molar-refractivity contribution in [1.29, 1.82) is 0 Å². The van der Waals surface area contributed by atoms with E-state index in [-0.39, 0.29) is 5.75 Å². The first-order valence-electron chi connectivity index (χ1n) is 10.2. The quantitative estimate of drug-likeness (QED) is 0.770. The summed E-state index contributed by atoms with van der Waals surface area (Å²) in [5, 5.41) is 10.8. The number of ether oxygens (including phenoxy) is 1. The van der Waals surface area contributed by atoms with Gasteiger partial charge in [0.05, 0.1) is 6.61 Å². The number of hydrogen-bond donors (Lipinski definition) is 1. The number of benzene rings is 1. The highest BCUT2D eigenvalue weighted by Gasteiger charge is 2.30. The SMILES string of the molecule is Oc1cccc2ccc(OCCCCN3CCC4CCCCC4C3)nc12. The normalized spacial score (nSPS) is 23.7. The van der Waals surface area contributed by atoms with Crippen molar-refractivity contribution in [2.75, 3.05) is 26.2 Å². The Balaban J connectivity index is 1.19. The van der Waals surface area contributed by atoms with Gasteiger partial charge in [-0.15, -0.1) is 0 Å². The lowest BCUT2D eigenvalue weighted by Gasteiger charge is -2.41. The number of piperidine rings is 1. The fourth-order valence-corrected chi connectivity index (χ4v) is 4.69. The van der Waals surface area contributed by atoms with E-state index in [9.17, 15) is 5.11 Å². The first kappa shape index (κ1) is 17.6. The van der Waals surface area contributed by atoms with Crippen LogP contribution in [-0.4, -0.2) is 41.2 Å². The molecule has 0 radical (unpaired) electrons. The minimum atomic E-state index is 0.207. The molecule has 4 nitrogen and oxygen atoms in total. The molecule has 2 aromatic rings. The molecule has 1 saturated heterocycles. The van der Waals surface area contributed by atoms with Gasteiger partial charge in [-0.05, 0) is 62.7 Å². The second-order valence-corrected chi connectivity index (χ2v) is 7.95. The molecule has 1 aliphatic heterocycles. The molecule has 1 N–H and O–H groups in total. The number of aromatic hydroxyl groups is 1. The van der Waals surface area contributed by atoms with Crippen LogP contribution in [0.1, 0.15) is 44.9 Å². The lowest BCUT2D eigenvalue weighted by Crippen LogP contribution is -2.42. The summed E-state index contributed by atoms with van der Waals surface area (Å²) in [4.78, 5) is 7.09. The van der Waals surface area contributed by atoms with Crippen LogP contribution in [0.15, 0.2) is 30.3 Å². The Morgan fingerprint density at radius 3 is 2.85 bits per heavy atom. The number of pyridine rings is 1. The highest BCUT2D eigenvalue weighted by Crippen LogP contribution is 2.36. The van der Waals surface area contributed by atoms with Crippen molar-refractivity contribution in [3.05, 3.63) is 30.3 Å². The molecule has 2 heterocycles. The molecule has 4 heteroatoms. The maximum absolute atomic E-state index is 9.91. The average molecular weight is 354 g/mol. The van der Waals surface area contributed by atoms with Crippen molar-refractivity contribution in [2.45, 2.75) is 44.9 Å². The van der Waals surface area contributed by atoms with Crippen molar-refractivity contribution < 1.29 is 9.84 Å². The van der Waals surface area contributed by atoms with Crippen LogP contribution < -0.4 is 4.74 Å². The van der Waals surface area contributed by atoms with Crippen molar-refractivity contribution in [1.82, 2.24) is 9.88 Å². The van der Waals surface area contributed by atoms with Gasteiger partial charge in [0.15, 0.2) is 0 Å². The number of phenols is 1. The number of rotatable bonds is 6. The molecule has 2 unspecified atom stereocenters. The lowest BCUT2D eigenvalue weighted by atomic mass is 9.75. The Hall–Kier alpha value is -1.81. The van der Waals surface area contributed by atoms with Gasteiger partial charge in [-0.2, -0.15) is 0 Å². The van der Waals surface area contributed by atoms with Crippen molar-refractivity contribution in [3.8, 4) is 11.6 Å². The Kier molecular flexibility index (Phi) is 5.59. The molecule has 1 saturated carbocycles. The number of phenolic OH excluding ortho intramolecular Hbond substituents is 1. The molecular weight excluding hydrogens is 324 g/mol. The molecule has 26 heavy (non-hydrogen) atoms. The van der Waals surface area contributed by atoms with Crippen LogP contribution in [0.4, 0.5) is 0 Å². The summed E-state index contributed by atoms with van der Waals surface area (Å²) in [5.74, 6) is 2.78. The van der Waals surface area contributed by atoms with Crippen LogP contribution in [0.5, 0.6) is 11.6 Å². The van der Waals surface area contributed by atoms with E-state index in [1.165, 1.54) is 58.2 Å². The summed E-state index contributed by atoms with van der Waals surface area (Å²) < 4.78 is 5.80. The second-order valence-electron chi connectivity index (χ2n) is 7.95. The van der Waals surface area contributed by atoms with Gasteiger partial charge in [-0.1, -0.05) is 31.4 Å². The molecule has 1 aromatic heterocycles. The van der Waals surface area contributed by atoms with Crippen LogP contribution in [0, 0.1) is 11.8 Å². The number of unbranched alkanes of at least 4 members (excludes halogenated alkanes) is 1. The lowest BCUT2D eigenvalue weighted by molar-refractivity contribution is 0.0848. The Bertz CT molecular complexity index is 733. The summed E-state index contributed by atoms with van der Waals surface area (Å²) in [6, 6.07) is 9.27. The number of hydrogen-bond acceptors (Lipinski definition) is 4. The number of nitrogens with zero attached hydrogens (tertiary/aromatic N) is 2. The largest absolute Gasteiger partial charge is 0.506 e. The van der Waals surface area contributed by atoms with Gasteiger partial charge in [0.2, 0.25) is 5.88 Å². The van der Waals surface area contributed by atoms with Gasteiger partial charge >= 0.3 is 0 Å². The molecule has 0 bridgehead atoms. The number of likely N-dealkylation sites (tertiary alicyclic amines) is 1. The monoisotopic (exact) mass is 354 g/mol. The van der Waals surface area contributed by atoms with Crippen LogP contribution >= 0.6 is 0 Å². The predicted octanol–water partition coefficient (Wildman–Crippen LogP) is 4.61. The van der Waals surface area contributed by atoms with E-state index in [1.807, 2.05) is 24.3 Å². The third-order valence-electron chi connectivity index (χ3n) is 6.17. The van der Waals surface area contributed by atoms with Gasteiger partial charge in [0.25, 0.3) is 0 Å². The van der Waals surface area contributed by atoms with E-state index in [1.54, 1.807) is 6.07 Å². The molecule has 0 amide bonds. The van der Waals surface area contributed by atoms with E-state index in [0.717, 1.165) is 23.6 Å². The van der Waals surface area contributed by atoms with E-state index >= 15 is 0 Å². The first-order chi connectivity index (χ1) is 12.8. The van der Waals surface area contributed by atoms with Gasteiger partial charge in [0.1, 0.15) is 11.3 Å². The zero-order valence-electron chi connectivity index (χ0n) is 15.6. The summed E-state index contributed by atoms with van der Waals surface area (Å²) in [7, 11) is 0. The molecular formula is C22H30N2O2. The highest BCUT2D eigenvalue weighted by atomic mass is 16.5. The van der Waals surface area contributed by atoms with Crippen molar-refractivity contribution in [2.24, 2.45) is 11.8 Å². The number of fused-ring (bicyclic) bond motifs is 2. The number of para-hydroxylation sites is 1. The fraction of sp³-hybridized carbons (Fsp3) is 0.591. The van der Waals surface area contributed by atoms with Crippen molar-refractivity contribution in [3.63, 3.8) is 0 Å². The molecule has 1 aliphatic carbocycles. The summed E-state index contributed by atoms with van der Waals surface area (Å²) >= 11 is 0. The molecule has 140 valence electrons. The molecule has 2 aliphatic rings. The standard InChI is InChI=1S/C22H30N2O2/c25-20-9-5-8-18-10-11-21(23-22(18)20)26-15-4-3-13-24-14-12-17-6-1-2-7-19(17)16-24/h5,8-11,17,19,25H,1-4,6-7,12-16H2. The van der Waals surface area contributed by atoms with Gasteiger partial charge < -0.3 is 14.7 Å². The van der Waals surface area contributed by atoms with E-state index in [0.29, 0.717) is 18.0 Å². The topological polar surface area (TPSA) is 45.6 Å². The Labute approximate surface area is 156 Å². The zero-order valence-corrected chi connectivity index (χ0v) is 15.6. The van der Waals surface area contributed by atoms with Crippen LogP contribution in [0.3, 0.4) is 0 Å². The van der Waals surface area contributed by atoms with Gasteiger partial charge in [0, 0.05) is 18.0 Å². The van der Waals surface area contributed by atoms with Crippen LogP contribution in [0.2, 0.25) is 0 Å². The van der Waals surface area contributed by atoms with E-state index < -0.39 is 0 Å². The zero-order chi connectivity index (χ0) is 17.8. The molecule has 1 aromatic carbocycles. The maximum Gasteiger partial charge on any atom is 0.213 e. The van der Waals surface area contributed by atoms with Crippen molar-refractivity contribution >= 4 is 10.9 Å². The second kappa shape index (κ2) is 8.26. The minimum Gasteiger partial charge on any atom is -0.506 e. The smallest absolute Gasteiger partial charge is 0.213 e.